The predicted molar refractivity (Wildman–Crippen MR) is 97.4 cm³/mol. The third kappa shape index (κ3) is 5.84. The van der Waals surface area contributed by atoms with Crippen molar-refractivity contribution >= 4 is 0 Å². The maximum Gasteiger partial charge on any atom is 0.416 e. The molecule has 3 rings (SSSR count). The summed E-state index contributed by atoms with van der Waals surface area (Å²) in [6, 6.07) is 19.4. The molecular weight excluding hydrogens is 351 g/mol. The molecule has 0 aliphatic carbocycles. The minimum absolute atomic E-state index is 0.244. The molecule has 0 atom stereocenters. The Hall–Kier alpha value is -2.82. The van der Waals surface area contributed by atoms with Gasteiger partial charge in [-0.25, -0.2) is 4.57 Å². The summed E-state index contributed by atoms with van der Waals surface area (Å²) in [5.74, 6) is 0.244. The van der Waals surface area contributed by atoms with E-state index in [1.54, 1.807) is 6.07 Å². The van der Waals surface area contributed by atoms with Crippen LogP contribution in [-0.2, 0) is 19.1 Å². The Kier molecular flexibility index (Phi) is 6.12. The molecule has 3 aromatic rings. The Morgan fingerprint density at radius 2 is 1.52 bits per heavy atom. The summed E-state index contributed by atoms with van der Waals surface area (Å²) in [5.41, 5.74) is 1.81. The summed E-state index contributed by atoms with van der Waals surface area (Å²) in [6.45, 7) is 1.10. The molecule has 1 heterocycles. The predicted octanol–water partition coefficient (Wildman–Crippen LogP) is 5.05. The van der Waals surface area contributed by atoms with Crippen molar-refractivity contribution in [3.8, 4) is 5.75 Å². The molecule has 0 radical (unpaired) electrons. The van der Waals surface area contributed by atoms with Crippen molar-refractivity contribution in [3.63, 3.8) is 0 Å². The van der Waals surface area contributed by atoms with Gasteiger partial charge in [-0.2, -0.15) is 13.2 Å². The van der Waals surface area contributed by atoms with Crippen LogP contribution in [0.3, 0.4) is 0 Å². The second kappa shape index (κ2) is 8.71. The number of ether oxygens (including phenoxy) is 1. The Labute approximate surface area is 156 Å². The van der Waals surface area contributed by atoms with Crippen molar-refractivity contribution in [2.45, 2.75) is 25.6 Å². The fourth-order valence-electron chi connectivity index (χ4n) is 2.79. The molecule has 5 heteroatoms. The standard InChI is InChI=1S/C22H21F3NO/c23-22(24,25)20-8-4-9-21(17-20)27-15-5-12-26-13-10-19(11-14-26)16-18-6-2-1-3-7-18/h1-4,6-11,13-14,17H,5,12,15-16H2/q+1. The Morgan fingerprint density at radius 3 is 2.22 bits per heavy atom. The normalized spacial score (nSPS) is 11.4. The van der Waals surface area contributed by atoms with Crippen LogP contribution in [-0.4, -0.2) is 6.61 Å². The lowest BCUT2D eigenvalue weighted by atomic mass is 10.1. The van der Waals surface area contributed by atoms with Crippen molar-refractivity contribution in [3.05, 3.63) is 95.8 Å². The number of nitrogens with zero attached hydrogens (tertiary/aromatic N) is 1. The first kappa shape index (κ1) is 19.0. The SMILES string of the molecule is FC(F)(F)c1cccc(OCCC[n+]2ccc(Cc3ccccc3)cc2)c1. The average Bonchev–Trinajstić information content (AvgIpc) is 2.67. The van der Waals surface area contributed by atoms with Crippen LogP contribution in [0.25, 0.3) is 0 Å². The zero-order valence-corrected chi connectivity index (χ0v) is 14.8. The zero-order valence-electron chi connectivity index (χ0n) is 14.8. The molecule has 0 saturated carbocycles. The molecular formula is C22H21F3NO+. The molecule has 0 fully saturated rings. The van der Waals surface area contributed by atoms with Crippen molar-refractivity contribution < 1.29 is 22.5 Å². The topological polar surface area (TPSA) is 13.1 Å². The summed E-state index contributed by atoms with van der Waals surface area (Å²) in [7, 11) is 0. The molecule has 0 bridgehead atoms. The van der Waals surface area contributed by atoms with E-state index in [4.69, 9.17) is 4.74 Å². The molecule has 2 aromatic carbocycles. The number of aryl methyl sites for hydroxylation is 1. The third-order valence-corrected chi connectivity index (χ3v) is 4.20. The molecule has 27 heavy (non-hydrogen) atoms. The van der Waals surface area contributed by atoms with Crippen LogP contribution in [0.15, 0.2) is 79.1 Å². The van der Waals surface area contributed by atoms with E-state index < -0.39 is 11.7 Å². The average molecular weight is 372 g/mol. The highest BCUT2D eigenvalue weighted by atomic mass is 19.4. The number of alkyl halides is 3. The van der Waals surface area contributed by atoms with Gasteiger partial charge in [-0.1, -0.05) is 36.4 Å². The van der Waals surface area contributed by atoms with E-state index in [0.29, 0.717) is 13.0 Å². The highest BCUT2D eigenvalue weighted by Gasteiger charge is 2.30. The molecule has 0 unspecified atom stereocenters. The number of hydrogen-bond acceptors (Lipinski definition) is 1. The van der Waals surface area contributed by atoms with Gasteiger partial charge in [0.05, 0.1) is 12.2 Å². The van der Waals surface area contributed by atoms with Crippen LogP contribution >= 0.6 is 0 Å². The molecule has 2 nitrogen and oxygen atoms in total. The van der Waals surface area contributed by atoms with Crippen LogP contribution < -0.4 is 9.30 Å². The molecule has 0 aliphatic rings. The van der Waals surface area contributed by atoms with Crippen molar-refractivity contribution in [2.24, 2.45) is 0 Å². The van der Waals surface area contributed by atoms with Crippen LogP contribution in [0.1, 0.15) is 23.1 Å². The van der Waals surface area contributed by atoms with Crippen LogP contribution in [0, 0.1) is 0 Å². The summed E-state index contributed by atoms with van der Waals surface area (Å²) >= 11 is 0. The van der Waals surface area contributed by atoms with E-state index in [-0.39, 0.29) is 5.75 Å². The Bertz CT molecular complexity index is 845. The molecule has 0 aliphatic heterocycles. The highest BCUT2D eigenvalue weighted by molar-refractivity contribution is 5.30. The fourth-order valence-corrected chi connectivity index (χ4v) is 2.79. The second-order valence-corrected chi connectivity index (χ2v) is 6.33. The third-order valence-electron chi connectivity index (χ3n) is 4.20. The summed E-state index contributed by atoms with van der Waals surface area (Å²) in [4.78, 5) is 0. The molecule has 1 aromatic heterocycles. The molecule has 0 spiro atoms. The monoisotopic (exact) mass is 372 g/mol. The summed E-state index contributed by atoms with van der Waals surface area (Å²) in [5, 5.41) is 0. The van der Waals surface area contributed by atoms with Crippen molar-refractivity contribution in [1.82, 2.24) is 0 Å². The molecule has 140 valence electrons. The number of hydrogen-bond donors (Lipinski definition) is 0. The van der Waals surface area contributed by atoms with Gasteiger partial charge < -0.3 is 4.74 Å². The summed E-state index contributed by atoms with van der Waals surface area (Å²) in [6.07, 6.45) is 1.28. The highest BCUT2D eigenvalue weighted by Crippen LogP contribution is 2.31. The quantitative estimate of drug-likeness (QED) is 0.418. The maximum absolute atomic E-state index is 12.7. The van der Waals surface area contributed by atoms with Gasteiger partial charge in [0.2, 0.25) is 0 Å². The number of benzene rings is 2. The van der Waals surface area contributed by atoms with Gasteiger partial charge in [0, 0.05) is 18.6 Å². The fraction of sp³-hybridized carbons (Fsp3) is 0.227. The van der Waals surface area contributed by atoms with E-state index in [2.05, 4.69) is 24.3 Å². The molecule has 0 N–H and O–H groups in total. The van der Waals surface area contributed by atoms with E-state index in [0.717, 1.165) is 25.1 Å². The first-order chi connectivity index (χ1) is 13.0. The lowest BCUT2D eigenvalue weighted by Gasteiger charge is -2.09. The summed E-state index contributed by atoms with van der Waals surface area (Å²) < 4.78 is 45.6. The number of rotatable bonds is 7. The van der Waals surface area contributed by atoms with Gasteiger partial charge >= 0.3 is 6.18 Å². The second-order valence-electron chi connectivity index (χ2n) is 6.33. The molecule has 0 saturated heterocycles. The Balaban J connectivity index is 1.45. The lowest BCUT2D eigenvalue weighted by molar-refractivity contribution is -0.697. The maximum atomic E-state index is 12.7. The minimum Gasteiger partial charge on any atom is -0.493 e. The van der Waals surface area contributed by atoms with Crippen molar-refractivity contribution in [2.75, 3.05) is 6.61 Å². The van der Waals surface area contributed by atoms with E-state index >= 15 is 0 Å². The van der Waals surface area contributed by atoms with Crippen LogP contribution in [0.2, 0.25) is 0 Å². The van der Waals surface area contributed by atoms with Crippen LogP contribution in [0.4, 0.5) is 13.2 Å². The van der Waals surface area contributed by atoms with Crippen molar-refractivity contribution in [1.29, 1.82) is 0 Å². The van der Waals surface area contributed by atoms with Gasteiger partial charge in [-0.15, -0.1) is 0 Å². The molecule has 0 amide bonds. The van der Waals surface area contributed by atoms with Gasteiger partial charge in [-0.05, 0) is 35.7 Å². The minimum atomic E-state index is -4.35. The zero-order chi connectivity index (χ0) is 19.1. The number of pyridine rings is 1. The van der Waals surface area contributed by atoms with Gasteiger partial charge in [-0.3, -0.25) is 0 Å². The number of halogens is 3. The number of aromatic nitrogens is 1. The van der Waals surface area contributed by atoms with Crippen LogP contribution in [0.5, 0.6) is 5.75 Å². The van der Waals surface area contributed by atoms with E-state index in [9.17, 15) is 13.2 Å². The first-order valence-electron chi connectivity index (χ1n) is 8.83. The smallest absolute Gasteiger partial charge is 0.416 e. The Morgan fingerprint density at radius 1 is 0.815 bits per heavy atom. The van der Waals surface area contributed by atoms with E-state index in [1.165, 1.54) is 17.2 Å². The lowest BCUT2D eigenvalue weighted by Crippen LogP contribution is -2.33. The van der Waals surface area contributed by atoms with Gasteiger partial charge in [0.25, 0.3) is 0 Å². The largest absolute Gasteiger partial charge is 0.493 e. The van der Waals surface area contributed by atoms with E-state index in [1.807, 2.05) is 35.2 Å². The first-order valence-corrected chi connectivity index (χ1v) is 8.83. The van der Waals surface area contributed by atoms with Gasteiger partial charge in [0.1, 0.15) is 5.75 Å². The van der Waals surface area contributed by atoms with Gasteiger partial charge in [0.15, 0.2) is 18.9 Å².